The van der Waals surface area contributed by atoms with Gasteiger partial charge in [0, 0.05) is 6.54 Å². The van der Waals surface area contributed by atoms with Gasteiger partial charge in [0.2, 0.25) is 0 Å². The first-order valence-electron chi connectivity index (χ1n) is 3.91. The van der Waals surface area contributed by atoms with Crippen LogP contribution in [0.1, 0.15) is 19.1 Å². The van der Waals surface area contributed by atoms with Crippen molar-refractivity contribution >= 4 is 17.7 Å². The summed E-state index contributed by atoms with van der Waals surface area (Å²) in [6.45, 7) is 2.62. The fourth-order valence-electron chi connectivity index (χ4n) is 0.912. The zero-order valence-electron chi connectivity index (χ0n) is 7.01. The molecule has 0 radical (unpaired) electrons. The maximum absolute atomic E-state index is 5.60. The van der Waals surface area contributed by atoms with Gasteiger partial charge in [0.1, 0.15) is 5.76 Å². The standard InChI is InChI=1S/C9H12ClNO/c1-2-7(6-11)5-8-3-4-9(10)12-8/h3-5H,2,6,11H2,1H3. The number of hydrogen-bond acceptors (Lipinski definition) is 2. The molecule has 0 amide bonds. The van der Waals surface area contributed by atoms with E-state index in [1.165, 1.54) is 0 Å². The van der Waals surface area contributed by atoms with E-state index in [1.54, 1.807) is 6.07 Å². The average Bonchev–Trinajstić information content (AvgIpc) is 2.47. The van der Waals surface area contributed by atoms with E-state index >= 15 is 0 Å². The van der Waals surface area contributed by atoms with Crippen LogP contribution >= 0.6 is 11.6 Å². The van der Waals surface area contributed by atoms with E-state index in [0.717, 1.165) is 17.8 Å². The van der Waals surface area contributed by atoms with Crippen LogP contribution in [0.25, 0.3) is 6.08 Å². The number of rotatable bonds is 3. The molecule has 1 heterocycles. The molecule has 1 aromatic heterocycles. The average molecular weight is 186 g/mol. The maximum Gasteiger partial charge on any atom is 0.193 e. The van der Waals surface area contributed by atoms with Crippen LogP contribution in [0.15, 0.2) is 22.1 Å². The van der Waals surface area contributed by atoms with Crippen molar-refractivity contribution in [3.63, 3.8) is 0 Å². The Morgan fingerprint density at radius 2 is 2.42 bits per heavy atom. The van der Waals surface area contributed by atoms with E-state index in [4.69, 9.17) is 21.8 Å². The molecule has 66 valence electrons. The molecule has 0 unspecified atom stereocenters. The fraction of sp³-hybridized carbons (Fsp3) is 0.333. The molecule has 1 rings (SSSR count). The lowest BCUT2D eigenvalue weighted by molar-refractivity contribution is 0.558. The highest BCUT2D eigenvalue weighted by atomic mass is 35.5. The number of furan rings is 1. The molecule has 0 saturated carbocycles. The SMILES string of the molecule is CCC(=Cc1ccc(Cl)o1)CN. The van der Waals surface area contributed by atoms with Crippen LogP contribution in [-0.4, -0.2) is 6.54 Å². The molecule has 0 fully saturated rings. The molecular weight excluding hydrogens is 174 g/mol. The second kappa shape index (κ2) is 4.33. The van der Waals surface area contributed by atoms with Crippen molar-refractivity contribution in [2.45, 2.75) is 13.3 Å². The highest BCUT2D eigenvalue weighted by Crippen LogP contribution is 2.16. The topological polar surface area (TPSA) is 39.2 Å². The summed E-state index contributed by atoms with van der Waals surface area (Å²) in [5.41, 5.74) is 6.65. The zero-order chi connectivity index (χ0) is 8.97. The normalized spacial score (nSPS) is 12.1. The predicted molar refractivity (Wildman–Crippen MR) is 51.0 cm³/mol. The van der Waals surface area contributed by atoms with Crippen LogP contribution in [-0.2, 0) is 0 Å². The molecule has 0 aliphatic heterocycles. The van der Waals surface area contributed by atoms with Crippen LogP contribution in [0, 0.1) is 0 Å². The minimum absolute atomic E-state index is 0.411. The molecule has 3 heteroatoms. The number of halogens is 1. The zero-order valence-corrected chi connectivity index (χ0v) is 7.77. The van der Waals surface area contributed by atoms with Crippen molar-refractivity contribution in [3.05, 3.63) is 28.7 Å². The van der Waals surface area contributed by atoms with Crippen molar-refractivity contribution in [2.24, 2.45) is 5.73 Å². The van der Waals surface area contributed by atoms with Crippen molar-refractivity contribution in [2.75, 3.05) is 6.54 Å². The van der Waals surface area contributed by atoms with Crippen LogP contribution < -0.4 is 5.73 Å². The second-order valence-corrected chi connectivity index (χ2v) is 2.87. The summed E-state index contributed by atoms with van der Waals surface area (Å²) >= 11 is 5.60. The minimum Gasteiger partial charge on any atom is -0.445 e. The third-order valence-corrected chi connectivity index (χ3v) is 1.86. The van der Waals surface area contributed by atoms with E-state index in [0.29, 0.717) is 11.8 Å². The molecule has 2 nitrogen and oxygen atoms in total. The molecule has 0 bridgehead atoms. The van der Waals surface area contributed by atoms with E-state index in [2.05, 4.69) is 6.92 Å². The third kappa shape index (κ3) is 2.40. The van der Waals surface area contributed by atoms with Crippen molar-refractivity contribution in [1.29, 1.82) is 0 Å². The van der Waals surface area contributed by atoms with Gasteiger partial charge in [-0.1, -0.05) is 12.5 Å². The molecule has 0 atom stereocenters. The Balaban J connectivity index is 2.78. The lowest BCUT2D eigenvalue weighted by Crippen LogP contribution is -2.01. The summed E-state index contributed by atoms with van der Waals surface area (Å²) in [5, 5.41) is 0.411. The summed E-state index contributed by atoms with van der Waals surface area (Å²) in [7, 11) is 0. The molecule has 0 aliphatic rings. The molecule has 0 saturated heterocycles. The van der Waals surface area contributed by atoms with E-state index in [9.17, 15) is 0 Å². The van der Waals surface area contributed by atoms with E-state index in [-0.39, 0.29) is 0 Å². The Kier molecular flexibility index (Phi) is 3.38. The maximum atomic E-state index is 5.60. The first-order chi connectivity index (χ1) is 5.76. The molecule has 12 heavy (non-hydrogen) atoms. The molecule has 0 spiro atoms. The lowest BCUT2D eigenvalue weighted by atomic mass is 10.2. The van der Waals surface area contributed by atoms with Crippen molar-refractivity contribution in [1.82, 2.24) is 0 Å². The fourth-order valence-corrected chi connectivity index (χ4v) is 1.06. The van der Waals surface area contributed by atoms with Crippen LogP contribution in [0.3, 0.4) is 0 Å². The smallest absolute Gasteiger partial charge is 0.193 e. The quantitative estimate of drug-likeness (QED) is 0.787. The van der Waals surface area contributed by atoms with Crippen molar-refractivity contribution in [3.8, 4) is 0 Å². The van der Waals surface area contributed by atoms with Crippen LogP contribution in [0.4, 0.5) is 0 Å². The Morgan fingerprint density at radius 3 is 2.83 bits per heavy atom. The van der Waals surface area contributed by atoms with Gasteiger partial charge in [-0.2, -0.15) is 0 Å². The lowest BCUT2D eigenvalue weighted by Gasteiger charge is -1.96. The first kappa shape index (κ1) is 9.36. The predicted octanol–water partition coefficient (Wildman–Crippen LogP) is 2.69. The summed E-state index contributed by atoms with van der Waals surface area (Å²) in [6.07, 6.45) is 2.86. The largest absolute Gasteiger partial charge is 0.445 e. The molecule has 0 aromatic carbocycles. The summed E-state index contributed by atoms with van der Waals surface area (Å²) in [6, 6.07) is 3.55. The van der Waals surface area contributed by atoms with Gasteiger partial charge in [-0.25, -0.2) is 0 Å². The van der Waals surface area contributed by atoms with Crippen molar-refractivity contribution < 1.29 is 4.42 Å². The summed E-state index contributed by atoms with van der Waals surface area (Å²) < 4.78 is 5.15. The monoisotopic (exact) mass is 185 g/mol. The van der Waals surface area contributed by atoms with Gasteiger partial charge >= 0.3 is 0 Å². The highest BCUT2D eigenvalue weighted by Gasteiger charge is 1.97. The third-order valence-electron chi connectivity index (χ3n) is 1.66. The van der Waals surface area contributed by atoms with Gasteiger partial charge in [0.15, 0.2) is 5.22 Å². The molecule has 2 N–H and O–H groups in total. The Bertz CT molecular complexity index is 272. The van der Waals surface area contributed by atoms with Gasteiger partial charge < -0.3 is 10.2 Å². The Morgan fingerprint density at radius 1 is 1.67 bits per heavy atom. The van der Waals surface area contributed by atoms with Gasteiger partial charge in [0.05, 0.1) is 0 Å². The second-order valence-electron chi connectivity index (χ2n) is 2.50. The summed E-state index contributed by atoms with van der Waals surface area (Å²) in [4.78, 5) is 0. The van der Waals surface area contributed by atoms with Gasteiger partial charge in [-0.05, 0) is 36.2 Å². The minimum atomic E-state index is 0.411. The first-order valence-corrected chi connectivity index (χ1v) is 4.29. The summed E-state index contributed by atoms with van der Waals surface area (Å²) in [5.74, 6) is 0.766. The highest BCUT2D eigenvalue weighted by molar-refractivity contribution is 6.28. The Labute approximate surface area is 77.0 Å². The van der Waals surface area contributed by atoms with Crippen LogP contribution in [0.2, 0.25) is 5.22 Å². The van der Waals surface area contributed by atoms with Crippen LogP contribution in [0.5, 0.6) is 0 Å². The Hall–Kier alpha value is -0.730. The molecular formula is C9H12ClNO. The number of nitrogens with two attached hydrogens (primary N) is 1. The van der Waals surface area contributed by atoms with E-state index < -0.39 is 0 Å². The van der Waals surface area contributed by atoms with Gasteiger partial charge in [0.25, 0.3) is 0 Å². The molecule has 1 aromatic rings. The van der Waals surface area contributed by atoms with E-state index in [1.807, 2.05) is 12.1 Å². The number of hydrogen-bond donors (Lipinski definition) is 1. The molecule has 0 aliphatic carbocycles. The van der Waals surface area contributed by atoms with Gasteiger partial charge in [-0.15, -0.1) is 0 Å². The van der Waals surface area contributed by atoms with Gasteiger partial charge in [-0.3, -0.25) is 0 Å².